The average Bonchev–Trinajstić information content (AvgIpc) is 2.89. The molecule has 5 heteroatoms. The molecule has 1 aliphatic heterocycles. The van der Waals surface area contributed by atoms with Crippen LogP contribution in [0.5, 0.6) is 0 Å². The predicted molar refractivity (Wildman–Crippen MR) is 67.0 cm³/mol. The molecule has 1 unspecified atom stereocenters. The molecule has 1 saturated heterocycles. The van der Waals surface area contributed by atoms with Gasteiger partial charge in [-0.15, -0.1) is 11.3 Å². The van der Waals surface area contributed by atoms with E-state index in [-0.39, 0.29) is 18.0 Å². The summed E-state index contributed by atoms with van der Waals surface area (Å²) >= 11 is 1.61. The van der Waals surface area contributed by atoms with Gasteiger partial charge in [0, 0.05) is 17.8 Å². The Balaban J connectivity index is 1.97. The SMILES string of the molecule is CCCCN1C(=O)NC(Cc2cccs2)C1=O. The van der Waals surface area contributed by atoms with Crippen molar-refractivity contribution < 1.29 is 9.59 Å². The quantitative estimate of drug-likeness (QED) is 0.815. The molecule has 1 atom stereocenters. The second-order valence-corrected chi connectivity index (χ2v) is 5.16. The number of carbonyl (C=O) groups excluding carboxylic acids is 2. The molecule has 1 fully saturated rings. The molecule has 0 saturated carbocycles. The molecule has 3 amide bonds. The number of urea groups is 1. The Morgan fingerprint density at radius 1 is 1.47 bits per heavy atom. The molecular weight excluding hydrogens is 236 g/mol. The Labute approximate surface area is 105 Å². The molecule has 1 N–H and O–H groups in total. The predicted octanol–water partition coefficient (Wildman–Crippen LogP) is 2.01. The molecule has 0 spiro atoms. The van der Waals surface area contributed by atoms with Crippen LogP contribution in [0.1, 0.15) is 24.6 Å². The maximum absolute atomic E-state index is 12.0. The molecule has 2 heterocycles. The number of carbonyl (C=O) groups is 2. The molecule has 1 aromatic rings. The number of imide groups is 1. The molecule has 92 valence electrons. The Hall–Kier alpha value is -1.36. The van der Waals surface area contributed by atoms with Crippen LogP contribution in [0, 0.1) is 0 Å². The van der Waals surface area contributed by atoms with E-state index in [0.717, 1.165) is 17.7 Å². The standard InChI is InChI=1S/C12H16N2O2S/c1-2-3-6-14-11(15)10(13-12(14)16)8-9-5-4-7-17-9/h4-5,7,10H,2-3,6,8H2,1H3,(H,13,16). The van der Waals surface area contributed by atoms with Gasteiger partial charge in [0.1, 0.15) is 6.04 Å². The fourth-order valence-electron chi connectivity index (χ4n) is 1.87. The molecule has 1 aliphatic rings. The monoisotopic (exact) mass is 252 g/mol. The fourth-order valence-corrected chi connectivity index (χ4v) is 2.63. The van der Waals surface area contributed by atoms with Crippen molar-refractivity contribution in [2.45, 2.75) is 32.2 Å². The third kappa shape index (κ3) is 2.66. The Bertz CT molecular complexity index is 403. The van der Waals surface area contributed by atoms with Gasteiger partial charge in [0.2, 0.25) is 0 Å². The van der Waals surface area contributed by atoms with Crippen LogP contribution in [0.2, 0.25) is 0 Å². The highest BCUT2D eigenvalue weighted by Crippen LogP contribution is 2.16. The van der Waals surface area contributed by atoms with E-state index in [2.05, 4.69) is 5.32 Å². The highest BCUT2D eigenvalue weighted by atomic mass is 32.1. The maximum Gasteiger partial charge on any atom is 0.324 e. The van der Waals surface area contributed by atoms with Crippen LogP contribution in [0.15, 0.2) is 17.5 Å². The number of thiophene rings is 1. The van der Waals surface area contributed by atoms with Gasteiger partial charge in [-0.2, -0.15) is 0 Å². The summed E-state index contributed by atoms with van der Waals surface area (Å²) in [5.41, 5.74) is 0. The van der Waals surface area contributed by atoms with Crippen molar-refractivity contribution >= 4 is 23.3 Å². The summed E-state index contributed by atoms with van der Waals surface area (Å²) in [6.45, 7) is 2.57. The summed E-state index contributed by atoms with van der Waals surface area (Å²) in [7, 11) is 0. The largest absolute Gasteiger partial charge is 0.325 e. The van der Waals surface area contributed by atoms with Crippen molar-refractivity contribution in [3.05, 3.63) is 22.4 Å². The summed E-state index contributed by atoms with van der Waals surface area (Å²) in [6.07, 6.45) is 2.45. The van der Waals surface area contributed by atoms with Crippen molar-refractivity contribution in [1.82, 2.24) is 10.2 Å². The fraction of sp³-hybridized carbons (Fsp3) is 0.500. The van der Waals surface area contributed by atoms with Gasteiger partial charge in [-0.3, -0.25) is 9.69 Å². The summed E-state index contributed by atoms with van der Waals surface area (Å²) < 4.78 is 0. The lowest BCUT2D eigenvalue weighted by Gasteiger charge is -2.11. The van der Waals surface area contributed by atoms with Gasteiger partial charge in [0.05, 0.1) is 0 Å². The zero-order valence-electron chi connectivity index (χ0n) is 9.81. The van der Waals surface area contributed by atoms with Gasteiger partial charge in [-0.1, -0.05) is 19.4 Å². The summed E-state index contributed by atoms with van der Waals surface area (Å²) in [5.74, 6) is -0.0862. The number of nitrogens with one attached hydrogen (secondary N) is 1. The third-order valence-electron chi connectivity index (χ3n) is 2.83. The van der Waals surface area contributed by atoms with E-state index in [9.17, 15) is 9.59 Å². The number of amides is 3. The van der Waals surface area contributed by atoms with Crippen LogP contribution in [-0.4, -0.2) is 29.4 Å². The van der Waals surface area contributed by atoms with Gasteiger partial charge < -0.3 is 5.32 Å². The van der Waals surface area contributed by atoms with Crippen LogP contribution in [0.3, 0.4) is 0 Å². The Morgan fingerprint density at radius 3 is 2.94 bits per heavy atom. The van der Waals surface area contributed by atoms with Crippen LogP contribution in [-0.2, 0) is 11.2 Å². The van der Waals surface area contributed by atoms with Crippen molar-refractivity contribution in [3.8, 4) is 0 Å². The Kier molecular flexibility index (Phi) is 3.78. The topological polar surface area (TPSA) is 49.4 Å². The molecule has 0 bridgehead atoms. The molecule has 0 aromatic carbocycles. The number of unbranched alkanes of at least 4 members (excludes halogenated alkanes) is 1. The number of hydrogen-bond acceptors (Lipinski definition) is 3. The number of rotatable bonds is 5. The van der Waals surface area contributed by atoms with E-state index >= 15 is 0 Å². The highest BCUT2D eigenvalue weighted by Gasteiger charge is 2.37. The smallest absolute Gasteiger partial charge is 0.324 e. The highest BCUT2D eigenvalue weighted by molar-refractivity contribution is 7.09. The first-order valence-corrected chi connectivity index (χ1v) is 6.74. The second-order valence-electron chi connectivity index (χ2n) is 4.13. The molecule has 17 heavy (non-hydrogen) atoms. The van der Waals surface area contributed by atoms with E-state index in [1.54, 1.807) is 11.3 Å². The van der Waals surface area contributed by atoms with E-state index in [1.807, 2.05) is 24.4 Å². The van der Waals surface area contributed by atoms with E-state index in [0.29, 0.717) is 13.0 Å². The first-order chi connectivity index (χ1) is 8.22. The van der Waals surface area contributed by atoms with Gasteiger partial charge in [-0.05, 0) is 17.9 Å². The lowest BCUT2D eigenvalue weighted by atomic mass is 10.2. The minimum Gasteiger partial charge on any atom is -0.325 e. The third-order valence-corrected chi connectivity index (χ3v) is 3.73. The molecule has 4 nitrogen and oxygen atoms in total. The minimum absolute atomic E-state index is 0.0862. The molecule has 0 aliphatic carbocycles. The second kappa shape index (κ2) is 5.31. The minimum atomic E-state index is -0.377. The van der Waals surface area contributed by atoms with Crippen molar-refractivity contribution in [2.24, 2.45) is 0 Å². The zero-order valence-corrected chi connectivity index (χ0v) is 10.6. The lowest BCUT2D eigenvalue weighted by Crippen LogP contribution is -2.32. The lowest BCUT2D eigenvalue weighted by molar-refractivity contribution is -0.127. The van der Waals surface area contributed by atoms with E-state index in [4.69, 9.17) is 0 Å². The summed E-state index contributed by atoms with van der Waals surface area (Å²) in [4.78, 5) is 26.1. The first kappa shape index (κ1) is 12.1. The number of nitrogens with zero attached hydrogens (tertiary/aromatic N) is 1. The van der Waals surface area contributed by atoms with Crippen LogP contribution < -0.4 is 5.32 Å². The average molecular weight is 252 g/mol. The van der Waals surface area contributed by atoms with E-state index < -0.39 is 0 Å². The molecular formula is C12H16N2O2S. The van der Waals surface area contributed by atoms with Gasteiger partial charge >= 0.3 is 6.03 Å². The van der Waals surface area contributed by atoms with Gasteiger partial charge in [0.25, 0.3) is 5.91 Å². The first-order valence-electron chi connectivity index (χ1n) is 5.86. The number of hydrogen-bond donors (Lipinski definition) is 1. The van der Waals surface area contributed by atoms with Crippen LogP contribution in [0.4, 0.5) is 4.79 Å². The van der Waals surface area contributed by atoms with E-state index in [1.165, 1.54) is 4.90 Å². The molecule has 0 radical (unpaired) electrons. The maximum atomic E-state index is 12.0. The van der Waals surface area contributed by atoms with Crippen LogP contribution in [0.25, 0.3) is 0 Å². The Morgan fingerprint density at radius 2 is 2.29 bits per heavy atom. The summed E-state index contributed by atoms with van der Waals surface area (Å²) in [5, 5.41) is 4.72. The van der Waals surface area contributed by atoms with Gasteiger partial charge in [-0.25, -0.2) is 4.79 Å². The molecule has 1 aromatic heterocycles. The van der Waals surface area contributed by atoms with Crippen molar-refractivity contribution in [1.29, 1.82) is 0 Å². The van der Waals surface area contributed by atoms with Crippen LogP contribution >= 0.6 is 11.3 Å². The molecule has 2 rings (SSSR count). The van der Waals surface area contributed by atoms with Crippen molar-refractivity contribution in [3.63, 3.8) is 0 Å². The normalized spacial score (nSPS) is 19.8. The zero-order chi connectivity index (χ0) is 12.3. The van der Waals surface area contributed by atoms with Gasteiger partial charge in [0.15, 0.2) is 0 Å². The summed E-state index contributed by atoms with van der Waals surface area (Å²) in [6, 6.07) is 3.32. The van der Waals surface area contributed by atoms with Crippen molar-refractivity contribution in [2.75, 3.05) is 6.54 Å².